The quantitative estimate of drug-likeness (QED) is 0.866. The van der Waals surface area contributed by atoms with Gasteiger partial charge in [-0.05, 0) is 48.0 Å². The van der Waals surface area contributed by atoms with Crippen molar-refractivity contribution in [2.24, 2.45) is 0 Å². The summed E-state index contributed by atoms with van der Waals surface area (Å²) in [5.41, 5.74) is 0. The Morgan fingerprint density at radius 1 is 1.47 bits per heavy atom. The van der Waals surface area contributed by atoms with Crippen molar-refractivity contribution >= 4 is 37.1 Å². The highest BCUT2D eigenvalue weighted by Crippen LogP contribution is 2.31. The van der Waals surface area contributed by atoms with E-state index in [1.165, 1.54) is 6.26 Å². The van der Waals surface area contributed by atoms with E-state index in [1.54, 1.807) is 18.3 Å². The molecule has 98 valence electrons. The molecular weight excluding hydrogens is 322 g/mol. The van der Waals surface area contributed by atoms with E-state index >= 15 is 0 Å². The lowest BCUT2D eigenvalue weighted by atomic mass is 10.2. The smallest absolute Gasteiger partial charge is 0.151 e. The van der Waals surface area contributed by atoms with Crippen molar-refractivity contribution < 1.29 is 8.42 Å². The molecule has 17 heavy (non-hydrogen) atoms. The van der Waals surface area contributed by atoms with Crippen LogP contribution in [-0.4, -0.2) is 26.5 Å². The van der Waals surface area contributed by atoms with Gasteiger partial charge >= 0.3 is 0 Å². The average Bonchev–Trinajstić information content (AvgIpc) is 2.64. The second kappa shape index (κ2) is 6.31. The van der Waals surface area contributed by atoms with E-state index in [9.17, 15) is 8.42 Å². The Bertz CT molecular complexity index is 456. The molecule has 1 heterocycles. The molecule has 0 bridgehead atoms. The molecular formula is C11H18BrNO2S2. The van der Waals surface area contributed by atoms with E-state index in [0.717, 1.165) is 21.6 Å². The maximum Gasteiger partial charge on any atom is 0.151 e. The van der Waals surface area contributed by atoms with Crippen LogP contribution in [0.4, 0.5) is 0 Å². The third-order valence-electron chi connectivity index (χ3n) is 2.66. The van der Waals surface area contributed by atoms with Gasteiger partial charge < -0.3 is 5.32 Å². The summed E-state index contributed by atoms with van der Waals surface area (Å²) in [6.45, 7) is 4.65. The molecule has 1 aromatic heterocycles. The van der Waals surface area contributed by atoms with Crippen molar-refractivity contribution in [1.82, 2.24) is 5.32 Å². The number of hydrogen-bond donors (Lipinski definition) is 1. The van der Waals surface area contributed by atoms with Crippen LogP contribution in [-0.2, 0) is 9.84 Å². The Morgan fingerprint density at radius 3 is 2.53 bits per heavy atom. The SMILES string of the molecule is CCCNC(c1ccc(Br)s1)C(C)S(C)(=O)=O. The van der Waals surface area contributed by atoms with Crippen LogP contribution in [0.2, 0.25) is 0 Å². The lowest BCUT2D eigenvalue weighted by Crippen LogP contribution is -2.34. The third-order valence-corrected chi connectivity index (χ3v) is 5.99. The Morgan fingerprint density at radius 2 is 2.12 bits per heavy atom. The van der Waals surface area contributed by atoms with Crippen LogP contribution in [0.3, 0.4) is 0 Å². The minimum Gasteiger partial charge on any atom is -0.308 e. The summed E-state index contributed by atoms with van der Waals surface area (Å²) >= 11 is 4.99. The molecule has 2 unspecified atom stereocenters. The molecule has 0 aliphatic rings. The first-order chi connectivity index (χ1) is 7.86. The zero-order valence-electron chi connectivity index (χ0n) is 10.2. The van der Waals surface area contributed by atoms with Gasteiger partial charge in [0.15, 0.2) is 9.84 Å². The predicted molar refractivity (Wildman–Crippen MR) is 77.4 cm³/mol. The van der Waals surface area contributed by atoms with E-state index in [2.05, 4.69) is 28.2 Å². The molecule has 0 fully saturated rings. The van der Waals surface area contributed by atoms with Gasteiger partial charge in [-0.3, -0.25) is 0 Å². The Hall–Kier alpha value is 0.0900. The fourth-order valence-electron chi connectivity index (χ4n) is 1.54. The van der Waals surface area contributed by atoms with Crippen LogP contribution >= 0.6 is 27.3 Å². The summed E-state index contributed by atoms with van der Waals surface area (Å²) in [5.74, 6) is 0. The van der Waals surface area contributed by atoms with Gasteiger partial charge in [-0.2, -0.15) is 0 Å². The maximum atomic E-state index is 11.7. The Balaban J connectivity index is 2.95. The molecule has 0 saturated carbocycles. The first-order valence-corrected chi connectivity index (χ1v) is 9.10. The van der Waals surface area contributed by atoms with Gasteiger partial charge in [0.25, 0.3) is 0 Å². The second-order valence-electron chi connectivity index (χ2n) is 4.11. The van der Waals surface area contributed by atoms with E-state index in [0.29, 0.717) is 0 Å². The highest BCUT2D eigenvalue weighted by molar-refractivity contribution is 9.11. The van der Waals surface area contributed by atoms with Gasteiger partial charge in [0.2, 0.25) is 0 Å². The molecule has 0 aliphatic carbocycles. The summed E-state index contributed by atoms with van der Waals surface area (Å²) in [4.78, 5) is 1.06. The van der Waals surface area contributed by atoms with Gasteiger partial charge in [-0.15, -0.1) is 11.3 Å². The third kappa shape index (κ3) is 4.35. The average molecular weight is 340 g/mol. The van der Waals surface area contributed by atoms with Crippen molar-refractivity contribution in [3.05, 3.63) is 20.8 Å². The van der Waals surface area contributed by atoms with Gasteiger partial charge in [0.1, 0.15) is 0 Å². The summed E-state index contributed by atoms with van der Waals surface area (Å²) in [6.07, 6.45) is 2.28. The van der Waals surface area contributed by atoms with Crippen LogP contribution in [0.1, 0.15) is 31.2 Å². The molecule has 1 N–H and O–H groups in total. The van der Waals surface area contributed by atoms with Gasteiger partial charge in [-0.25, -0.2) is 8.42 Å². The minimum absolute atomic E-state index is 0.124. The summed E-state index contributed by atoms with van der Waals surface area (Å²) < 4.78 is 24.4. The molecule has 6 heteroatoms. The lowest BCUT2D eigenvalue weighted by molar-refractivity contribution is 0.506. The topological polar surface area (TPSA) is 46.2 Å². The van der Waals surface area contributed by atoms with Crippen LogP contribution in [0, 0.1) is 0 Å². The van der Waals surface area contributed by atoms with E-state index < -0.39 is 15.1 Å². The van der Waals surface area contributed by atoms with Gasteiger partial charge in [-0.1, -0.05) is 6.92 Å². The largest absolute Gasteiger partial charge is 0.308 e. The second-order valence-corrected chi connectivity index (χ2v) is 9.01. The fourth-order valence-corrected chi connectivity index (χ4v) is 3.97. The van der Waals surface area contributed by atoms with Crippen molar-refractivity contribution in [2.75, 3.05) is 12.8 Å². The Kier molecular flexibility index (Phi) is 5.63. The molecule has 0 amide bonds. The summed E-state index contributed by atoms with van der Waals surface area (Å²) in [5, 5.41) is 2.90. The van der Waals surface area contributed by atoms with Crippen LogP contribution in [0.5, 0.6) is 0 Å². The number of thiophene rings is 1. The fraction of sp³-hybridized carbons (Fsp3) is 0.636. The first kappa shape index (κ1) is 15.1. The van der Waals surface area contributed by atoms with E-state index in [1.807, 2.05) is 12.1 Å². The number of nitrogens with one attached hydrogen (secondary N) is 1. The van der Waals surface area contributed by atoms with Crippen LogP contribution in [0.25, 0.3) is 0 Å². The van der Waals surface area contributed by atoms with Crippen LogP contribution < -0.4 is 5.32 Å². The molecule has 1 rings (SSSR count). The number of sulfone groups is 1. The number of halogens is 1. The molecule has 1 aromatic rings. The lowest BCUT2D eigenvalue weighted by Gasteiger charge is -2.22. The summed E-state index contributed by atoms with van der Waals surface area (Å²) in [6, 6.07) is 3.81. The standard InChI is InChI=1S/C11H18BrNO2S2/c1-4-7-13-11(8(2)17(3,14)15)9-5-6-10(12)16-9/h5-6,8,11,13H,4,7H2,1-3H3. The minimum atomic E-state index is -3.04. The highest BCUT2D eigenvalue weighted by atomic mass is 79.9. The molecule has 0 aromatic carbocycles. The molecule has 0 aliphatic heterocycles. The summed E-state index contributed by atoms with van der Waals surface area (Å²) in [7, 11) is -3.04. The van der Waals surface area contributed by atoms with Crippen LogP contribution in [0.15, 0.2) is 15.9 Å². The predicted octanol–water partition coefficient (Wildman–Crippen LogP) is 2.98. The van der Waals surface area contributed by atoms with Gasteiger partial charge in [0, 0.05) is 11.1 Å². The van der Waals surface area contributed by atoms with E-state index in [4.69, 9.17) is 0 Å². The molecule has 0 radical (unpaired) electrons. The zero-order valence-corrected chi connectivity index (χ0v) is 13.5. The van der Waals surface area contributed by atoms with Crippen molar-refractivity contribution in [3.8, 4) is 0 Å². The molecule has 0 saturated heterocycles. The monoisotopic (exact) mass is 339 g/mol. The number of hydrogen-bond acceptors (Lipinski definition) is 4. The van der Waals surface area contributed by atoms with Gasteiger partial charge in [0.05, 0.1) is 15.1 Å². The Labute approximate surface area is 116 Å². The first-order valence-electron chi connectivity index (χ1n) is 5.53. The van der Waals surface area contributed by atoms with Crippen molar-refractivity contribution in [1.29, 1.82) is 0 Å². The van der Waals surface area contributed by atoms with E-state index in [-0.39, 0.29) is 6.04 Å². The molecule has 3 nitrogen and oxygen atoms in total. The highest BCUT2D eigenvalue weighted by Gasteiger charge is 2.27. The normalized spacial score (nSPS) is 15.8. The van der Waals surface area contributed by atoms with Crippen molar-refractivity contribution in [3.63, 3.8) is 0 Å². The maximum absolute atomic E-state index is 11.7. The zero-order chi connectivity index (χ0) is 13.1. The van der Waals surface area contributed by atoms with Crippen molar-refractivity contribution in [2.45, 2.75) is 31.6 Å². The molecule has 0 spiro atoms. The number of rotatable bonds is 6. The molecule has 2 atom stereocenters.